The van der Waals surface area contributed by atoms with Crippen LogP contribution in [0, 0.1) is 5.92 Å². The first kappa shape index (κ1) is 9.29. The van der Waals surface area contributed by atoms with Crippen LogP contribution in [0.4, 0.5) is 0 Å². The molecule has 1 saturated carbocycles. The summed E-state index contributed by atoms with van der Waals surface area (Å²) in [5, 5.41) is 0. The van der Waals surface area contributed by atoms with E-state index >= 15 is 0 Å². The molecule has 3 nitrogen and oxygen atoms in total. The molecule has 0 N–H and O–H groups in total. The topological polar surface area (TPSA) is 43.4 Å². The molecule has 0 aromatic carbocycles. The molecule has 0 saturated heterocycles. The predicted octanol–water partition coefficient (Wildman–Crippen LogP) is 0.980. The van der Waals surface area contributed by atoms with Crippen molar-refractivity contribution in [1.29, 1.82) is 0 Å². The second-order valence-corrected chi connectivity index (χ2v) is 5.95. The van der Waals surface area contributed by atoms with Gasteiger partial charge in [0.05, 0.1) is 6.61 Å². The maximum atomic E-state index is 11.0. The summed E-state index contributed by atoms with van der Waals surface area (Å²) in [7, 11) is 3.28. The van der Waals surface area contributed by atoms with Crippen LogP contribution in [0.5, 0.6) is 0 Å². The standard InChI is InChI=1S/C6H11ClO3S/c1-5-3-6(5,4-10-2)11(7,8)9/h5H,3-4H2,1-2H3/t5-,6+/m1/s1. The van der Waals surface area contributed by atoms with Crippen LogP contribution in [-0.2, 0) is 13.8 Å². The molecule has 1 rings (SSSR count). The number of rotatable bonds is 3. The molecule has 5 heteroatoms. The third-order valence-electron chi connectivity index (χ3n) is 2.26. The molecule has 1 fully saturated rings. The summed E-state index contributed by atoms with van der Waals surface area (Å²) in [4.78, 5) is 0. The van der Waals surface area contributed by atoms with Gasteiger partial charge < -0.3 is 4.74 Å². The van der Waals surface area contributed by atoms with Crippen molar-refractivity contribution in [3.63, 3.8) is 0 Å². The van der Waals surface area contributed by atoms with Crippen molar-refractivity contribution >= 4 is 19.7 Å². The van der Waals surface area contributed by atoms with Gasteiger partial charge in [0.1, 0.15) is 4.75 Å². The van der Waals surface area contributed by atoms with E-state index in [0.717, 1.165) is 0 Å². The number of methoxy groups -OCH3 is 1. The number of hydrogen-bond acceptors (Lipinski definition) is 3. The molecule has 0 aromatic rings. The Bertz CT molecular complexity index is 249. The number of hydrogen-bond donors (Lipinski definition) is 0. The van der Waals surface area contributed by atoms with Gasteiger partial charge in [0.25, 0.3) is 0 Å². The first-order chi connectivity index (χ1) is 4.94. The van der Waals surface area contributed by atoms with E-state index in [1.54, 1.807) is 0 Å². The Labute approximate surface area is 71.1 Å². The van der Waals surface area contributed by atoms with Crippen molar-refractivity contribution in [3.05, 3.63) is 0 Å². The molecule has 1 aliphatic rings. The summed E-state index contributed by atoms with van der Waals surface area (Å²) in [6.45, 7) is 2.07. The van der Waals surface area contributed by atoms with E-state index < -0.39 is 13.8 Å². The molecule has 2 atom stereocenters. The summed E-state index contributed by atoms with van der Waals surface area (Å²) >= 11 is 0. The minimum Gasteiger partial charge on any atom is -0.383 e. The van der Waals surface area contributed by atoms with Crippen LogP contribution < -0.4 is 0 Å². The van der Waals surface area contributed by atoms with Crippen LogP contribution in [0.15, 0.2) is 0 Å². The van der Waals surface area contributed by atoms with E-state index in [1.165, 1.54) is 7.11 Å². The highest BCUT2D eigenvalue weighted by Crippen LogP contribution is 2.51. The van der Waals surface area contributed by atoms with Crippen molar-refractivity contribution in [3.8, 4) is 0 Å². The molecular formula is C6H11ClO3S. The SMILES string of the molecule is COC[C@@]1(S(=O)(=O)Cl)C[C@H]1C. The van der Waals surface area contributed by atoms with Gasteiger partial charge in [-0.2, -0.15) is 0 Å². The molecule has 0 bridgehead atoms. The molecule has 66 valence electrons. The highest BCUT2D eigenvalue weighted by Gasteiger charge is 2.60. The average molecular weight is 199 g/mol. The molecule has 0 aliphatic heterocycles. The first-order valence-electron chi connectivity index (χ1n) is 3.37. The molecule has 1 aliphatic carbocycles. The summed E-state index contributed by atoms with van der Waals surface area (Å²) in [6.07, 6.45) is 0.618. The van der Waals surface area contributed by atoms with Crippen LogP contribution in [0.2, 0.25) is 0 Å². The Kier molecular flexibility index (Phi) is 2.20. The summed E-state index contributed by atoms with van der Waals surface area (Å²) in [6, 6.07) is 0. The van der Waals surface area contributed by atoms with Gasteiger partial charge >= 0.3 is 0 Å². The van der Waals surface area contributed by atoms with Gasteiger partial charge in [0.2, 0.25) is 9.05 Å². The number of halogens is 1. The maximum absolute atomic E-state index is 11.0. The van der Waals surface area contributed by atoms with E-state index in [0.29, 0.717) is 6.42 Å². The minimum atomic E-state index is -3.46. The molecule has 0 unspecified atom stereocenters. The average Bonchev–Trinajstić information content (AvgIpc) is 2.42. The third kappa shape index (κ3) is 1.39. The molecule has 0 radical (unpaired) electrons. The smallest absolute Gasteiger partial charge is 0.240 e. The lowest BCUT2D eigenvalue weighted by atomic mass is 10.3. The van der Waals surface area contributed by atoms with E-state index in [-0.39, 0.29) is 12.5 Å². The highest BCUT2D eigenvalue weighted by atomic mass is 35.7. The van der Waals surface area contributed by atoms with Gasteiger partial charge in [0, 0.05) is 17.8 Å². The Morgan fingerprint density at radius 2 is 2.18 bits per heavy atom. The van der Waals surface area contributed by atoms with E-state index in [1.807, 2.05) is 6.92 Å². The van der Waals surface area contributed by atoms with Crippen molar-refractivity contribution in [2.24, 2.45) is 5.92 Å². The third-order valence-corrected chi connectivity index (χ3v) is 4.84. The quantitative estimate of drug-likeness (QED) is 0.635. The Hall–Kier alpha value is 0.200. The molecule has 0 aromatic heterocycles. The summed E-state index contributed by atoms with van der Waals surface area (Å²) in [5.74, 6) is 0.130. The van der Waals surface area contributed by atoms with Crippen molar-refractivity contribution in [2.75, 3.05) is 13.7 Å². The highest BCUT2D eigenvalue weighted by molar-refractivity contribution is 8.15. The fourth-order valence-electron chi connectivity index (χ4n) is 1.32. The summed E-state index contributed by atoms with van der Waals surface area (Å²) in [5.41, 5.74) is 0. The van der Waals surface area contributed by atoms with Gasteiger partial charge in [-0.3, -0.25) is 0 Å². The van der Waals surface area contributed by atoms with Crippen LogP contribution in [0.1, 0.15) is 13.3 Å². The fourth-order valence-corrected chi connectivity index (χ4v) is 3.28. The van der Waals surface area contributed by atoms with Crippen LogP contribution in [0.25, 0.3) is 0 Å². The second-order valence-electron chi connectivity index (χ2n) is 3.04. The monoisotopic (exact) mass is 198 g/mol. The normalized spacial score (nSPS) is 37.2. The zero-order valence-corrected chi connectivity index (χ0v) is 8.07. The van der Waals surface area contributed by atoms with Gasteiger partial charge in [-0.05, 0) is 12.3 Å². The van der Waals surface area contributed by atoms with Crippen molar-refractivity contribution in [1.82, 2.24) is 0 Å². The first-order valence-corrected chi connectivity index (χ1v) is 5.68. The van der Waals surface area contributed by atoms with Crippen LogP contribution >= 0.6 is 10.7 Å². The molecule has 0 heterocycles. The minimum absolute atomic E-state index is 0.130. The zero-order chi connectivity index (χ0) is 8.70. The van der Waals surface area contributed by atoms with Crippen LogP contribution in [0.3, 0.4) is 0 Å². The van der Waals surface area contributed by atoms with E-state index in [2.05, 4.69) is 0 Å². The Morgan fingerprint density at radius 1 is 1.73 bits per heavy atom. The largest absolute Gasteiger partial charge is 0.383 e. The molecule has 11 heavy (non-hydrogen) atoms. The van der Waals surface area contributed by atoms with Crippen molar-refractivity contribution < 1.29 is 13.2 Å². The van der Waals surface area contributed by atoms with Gasteiger partial charge in [-0.25, -0.2) is 8.42 Å². The van der Waals surface area contributed by atoms with E-state index in [4.69, 9.17) is 15.4 Å². The van der Waals surface area contributed by atoms with Gasteiger partial charge in [-0.15, -0.1) is 0 Å². The van der Waals surface area contributed by atoms with Gasteiger partial charge in [-0.1, -0.05) is 6.92 Å². The Morgan fingerprint density at radius 3 is 2.27 bits per heavy atom. The Balaban J connectivity index is 2.81. The van der Waals surface area contributed by atoms with E-state index in [9.17, 15) is 8.42 Å². The zero-order valence-electron chi connectivity index (χ0n) is 6.50. The summed E-state index contributed by atoms with van der Waals surface area (Å²) < 4.78 is 26.0. The van der Waals surface area contributed by atoms with Crippen molar-refractivity contribution in [2.45, 2.75) is 18.1 Å². The lowest BCUT2D eigenvalue weighted by molar-refractivity contribution is 0.189. The fraction of sp³-hybridized carbons (Fsp3) is 1.00. The van der Waals surface area contributed by atoms with Crippen LogP contribution in [-0.4, -0.2) is 26.9 Å². The lowest BCUT2D eigenvalue weighted by Gasteiger charge is -2.10. The maximum Gasteiger partial charge on any atom is 0.240 e. The predicted molar refractivity (Wildman–Crippen MR) is 43.2 cm³/mol. The second kappa shape index (κ2) is 2.61. The number of ether oxygens (including phenoxy) is 1. The lowest BCUT2D eigenvalue weighted by Crippen LogP contribution is -2.26. The molecule has 0 amide bonds. The molecular weight excluding hydrogens is 188 g/mol. The molecule has 0 spiro atoms. The van der Waals surface area contributed by atoms with Gasteiger partial charge in [0.15, 0.2) is 0 Å².